The van der Waals surface area contributed by atoms with Gasteiger partial charge < -0.3 is 9.47 Å². The molecule has 2 heterocycles. The predicted octanol–water partition coefficient (Wildman–Crippen LogP) is 5.05. The average molecular weight is 503 g/mol. The van der Waals surface area contributed by atoms with Gasteiger partial charge in [-0.05, 0) is 55.7 Å². The fraction of sp³-hybridized carbons (Fsp3) is 0.360. The number of halogens is 2. The van der Waals surface area contributed by atoms with E-state index in [0.29, 0.717) is 47.3 Å². The molecule has 0 N–H and O–H groups in total. The van der Waals surface area contributed by atoms with Crippen LogP contribution in [-0.4, -0.2) is 41.9 Å². The van der Waals surface area contributed by atoms with Crippen LogP contribution in [0, 0.1) is 6.92 Å². The van der Waals surface area contributed by atoms with Crippen molar-refractivity contribution in [2.45, 2.75) is 33.4 Å². The predicted molar refractivity (Wildman–Crippen MR) is 136 cm³/mol. The Bertz CT molecular complexity index is 1240. The van der Waals surface area contributed by atoms with E-state index >= 15 is 0 Å². The van der Waals surface area contributed by atoms with Crippen LogP contribution in [0.15, 0.2) is 41.2 Å². The number of benzene rings is 2. The molecular weight excluding hydrogens is 475 g/mol. The van der Waals surface area contributed by atoms with E-state index in [4.69, 9.17) is 37.7 Å². The molecule has 0 amide bonds. The van der Waals surface area contributed by atoms with Crippen LogP contribution >= 0.6 is 23.2 Å². The van der Waals surface area contributed by atoms with Gasteiger partial charge in [0.25, 0.3) is 5.56 Å². The molecule has 0 spiro atoms. The molecule has 0 saturated heterocycles. The van der Waals surface area contributed by atoms with Crippen molar-refractivity contribution in [3.63, 3.8) is 0 Å². The van der Waals surface area contributed by atoms with Crippen LogP contribution in [0.4, 0.5) is 11.6 Å². The molecule has 2 aromatic carbocycles. The van der Waals surface area contributed by atoms with Crippen molar-refractivity contribution in [1.82, 2.24) is 14.5 Å². The summed E-state index contributed by atoms with van der Waals surface area (Å²) in [5.74, 6) is 1.99. The van der Waals surface area contributed by atoms with Gasteiger partial charge in [0.2, 0.25) is 5.95 Å². The largest absolute Gasteiger partial charge is 0.493 e. The number of aryl methyl sites for hydroxylation is 1. The molecule has 0 saturated carbocycles. The SMILES string of the molecule is CCc1c(C)nc2n(c1=O)CN(CCc1ccc(OC)c(OC)c1)CN2c1cc(Cl)cc(Cl)c1. The number of hydrogen-bond donors (Lipinski definition) is 0. The molecule has 7 nitrogen and oxygen atoms in total. The highest BCUT2D eigenvalue weighted by atomic mass is 35.5. The van der Waals surface area contributed by atoms with Crippen LogP contribution in [0.1, 0.15) is 23.7 Å². The third kappa shape index (κ3) is 4.87. The second-order valence-corrected chi connectivity index (χ2v) is 9.11. The van der Waals surface area contributed by atoms with E-state index in [1.165, 1.54) is 0 Å². The van der Waals surface area contributed by atoms with E-state index in [1.807, 2.05) is 49.1 Å². The maximum absolute atomic E-state index is 13.3. The molecule has 180 valence electrons. The highest BCUT2D eigenvalue weighted by molar-refractivity contribution is 6.35. The number of rotatable bonds is 7. The number of hydrogen-bond acceptors (Lipinski definition) is 6. The van der Waals surface area contributed by atoms with Crippen LogP contribution < -0.4 is 19.9 Å². The van der Waals surface area contributed by atoms with Gasteiger partial charge in [-0.15, -0.1) is 0 Å². The van der Waals surface area contributed by atoms with Crippen molar-refractivity contribution < 1.29 is 9.47 Å². The zero-order valence-corrected chi connectivity index (χ0v) is 21.3. The fourth-order valence-corrected chi connectivity index (χ4v) is 4.81. The molecular formula is C25H28Cl2N4O3. The zero-order valence-electron chi connectivity index (χ0n) is 19.8. The summed E-state index contributed by atoms with van der Waals surface area (Å²) in [6.45, 7) is 5.58. The van der Waals surface area contributed by atoms with Crippen LogP contribution in [0.2, 0.25) is 10.0 Å². The fourth-order valence-electron chi connectivity index (χ4n) is 4.29. The first-order valence-electron chi connectivity index (χ1n) is 11.1. The smallest absolute Gasteiger partial charge is 0.259 e. The third-order valence-corrected chi connectivity index (χ3v) is 6.49. The van der Waals surface area contributed by atoms with Gasteiger partial charge in [-0.3, -0.25) is 19.2 Å². The Morgan fingerprint density at radius 3 is 2.35 bits per heavy atom. The molecule has 1 aliphatic heterocycles. The van der Waals surface area contributed by atoms with Crippen LogP contribution in [0.25, 0.3) is 0 Å². The van der Waals surface area contributed by atoms with E-state index in [-0.39, 0.29) is 5.56 Å². The minimum absolute atomic E-state index is 0.0149. The van der Waals surface area contributed by atoms with E-state index < -0.39 is 0 Å². The lowest BCUT2D eigenvalue weighted by Crippen LogP contribution is -2.48. The Morgan fingerprint density at radius 1 is 1.00 bits per heavy atom. The summed E-state index contributed by atoms with van der Waals surface area (Å²) < 4.78 is 12.5. The second kappa shape index (κ2) is 10.3. The lowest BCUT2D eigenvalue weighted by atomic mass is 10.1. The van der Waals surface area contributed by atoms with Crippen molar-refractivity contribution >= 4 is 34.8 Å². The summed E-state index contributed by atoms with van der Waals surface area (Å²) >= 11 is 12.6. The number of aromatic nitrogens is 2. The number of anilines is 2. The summed E-state index contributed by atoms with van der Waals surface area (Å²) in [7, 11) is 3.25. The molecule has 34 heavy (non-hydrogen) atoms. The number of nitrogens with zero attached hydrogens (tertiary/aromatic N) is 4. The number of fused-ring (bicyclic) bond motifs is 1. The Hall–Kier alpha value is -2.74. The highest BCUT2D eigenvalue weighted by Gasteiger charge is 2.28. The summed E-state index contributed by atoms with van der Waals surface area (Å²) in [4.78, 5) is 22.3. The van der Waals surface area contributed by atoms with Crippen molar-refractivity contribution in [3.05, 3.63) is 73.6 Å². The Kier molecular flexibility index (Phi) is 7.36. The van der Waals surface area contributed by atoms with Gasteiger partial charge in [-0.25, -0.2) is 4.98 Å². The first-order valence-corrected chi connectivity index (χ1v) is 11.9. The molecule has 1 aromatic heterocycles. The van der Waals surface area contributed by atoms with Crippen LogP contribution in [0.5, 0.6) is 11.5 Å². The topological polar surface area (TPSA) is 59.8 Å². The quantitative estimate of drug-likeness (QED) is 0.450. The van der Waals surface area contributed by atoms with E-state index in [1.54, 1.807) is 24.9 Å². The lowest BCUT2D eigenvalue weighted by molar-refractivity contribution is 0.200. The van der Waals surface area contributed by atoms with E-state index in [9.17, 15) is 4.79 Å². The maximum Gasteiger partial charge on any atom is 0.259 e. The molecule has 0 aliphatic carbocycles. The molecule has 0 unspecified atom stereocenters. The summed E-state index contributed by atoms with van der Waals surface area (Å²) in [6.07, 6.45) is 1.40. The second-order valence-electron chi connectivity index (χ2n) is 8.23. The van der Waals surface area contributed by atoms with Gasteiger partial charge in [-0.1, -0.05) is 36.2 Å². The monoisotopic (exact) mass is 502 g/mol. The maximum atomic E-state index is 13.3. The Labute approximate surface area is 209 Å². The summed E-state index contributed by atoms with van der Waals surface area (Å²) in [6, 6.07) is 11.3. The number of methoxy groups -OCH3 is 2. The first-order chi connectivity index (χ1) is 16.3. The van der Waals surface area contributed by atoms with Crippen LogP contribution in [0.3, 0.4) is 0 Å². The molecule has 0 radical (unpaired) electrons. The summed E-state index contributed by atoms with van der Waals surface area (Å²) in [5, 5.41) is 1.06. The van der Waals surface area contributed by atoms with Gasteiger partial charge in [0, 0.05) is 33.5 Å². The molecule has 3 aromatic rings. The standard InChI is InChI=1S/C25H28Cl2N4O3/c1-5-21-16(2)28-25-30(20-12-18(26)11-19(27)13-20)14-29(15-31(25)24(21)32)9-8-17-6-7-22(33-3)23(10-17)34-4/h6-7,10-13H,5,8-9,14-15H2,1-4H3. The third-order valence-electron chi connectivity index (χ3n) is 6.05. The molecule has 0 atom stereocenters. The Morgan fingerprint density at radius 2 is 1.71 bits per heavy atom. The van der Waals surface area contributed by atoms with E-state index in [0.717, 1.165) is 35.5 Å². The van der Waals surface area contributed by atoms with Crippen molar-refractivity contribution in [2.75, 3.05) is 32.3 Å². The van der Waals surface area contributed by atoms with E-state index in [2.05, 4.69) is 4.90 Å². The molecule has 0 fully saturated rings. The minimum atomic E-state index is -0.0149. The average Bonchev–Trinajstić information content (AvgIpc) is 2.82. The highest BCUT2D eigenvalue weighted by Crippen LogP contribution is 2.32. The molecule has 9 heteroatoms. The molecule has 1 aliphatic rings. The van der Waals surface area contributed by atoms with Gasteiger partial charge in [0.15, 0.2) is 11.5 Å². The van der Waals surface area contributed by atoms with Gasteiger partial charge >= 0.3 is 0 Å². The minimum Gasteiger partial charge on any atom is -0.493 e. The van der Waals surface area contributed by atoms with Gasteiger partial charge in [0.05, 0.1) is 27.6 Å². The van der Waals surface area contributed by atoms with Crippen molar-refractivity contribution in [3.8, 4) is 11.5 Å². The number of ether oxygens (including phenoxy) is 2. The normalized spacial score (nSPS) is 13.6. The van der Waals surface area contributed by atoms with Crippen molar-refractivity contribution in [2.24, 2.45) is 0 Å². The van der Waals surface area contributed by atoms with Crippen LogP contribution in [-0.2, 0) is 19.5 Å². The van der Waals surface area contributed by atoms with Gasteiger partial charge in [0.1, 0.15) is 0 Å². The lowest BCUT2D eigenvalue weighted by Gasteiger charge is -2.38. The Balaban J connectivity index is 1.68. The molecule has 0 bridgehead atoms. The van der Waals surface area contributed by atoms with Crippen molar-refractivity contribution in [1.29, 1.82) is 0 Å². The zero-order chi connectivity index (χ0) is 24.4. The molecule has 4 rings (SSSR count). The summed E-state index contributed by atoms with van der Waals surface area (Å²) in [5.41, 5.74) is 3.37. The van der Waals surface area contributed by atoms with Gasteiger partial charge in [-0.2, -0.15) is 0 Å². The first kappa shape index (κ1) is 24.4.